The summed E-state index contributed by atoms with van der Waals surface area (Å²) in [6, 6.07) is 0. The van der Waals surface area contributed by atoms with Crippen LogP contribution in [0.1, 0.15) is 0 Å². The van der Waals surface area contributed by atoms with Crippen LogP contribution in [0.3, 0.4) is 0 Å². The predicted molar refractivity (Wildman–Crippen MR) is 19.1 cm³/mol. The van der Waals surface area contributed by atoms with Crippen molar-refractivity contribution in [3.05, 3.63) is 0 Å². The molecule has 0 atom stereocenters. The third-order valence-corrected chi connectivity index (χ3v) is 0. The maximum atomic E-state index is 4.08. The molecule has 0 aliphatic rings. The van der Waals surface area contributed by atoms with E-state index >= 15 is 0 Å². The average Bonchev–Trinajstić information content (AvgIpc) is 1.00. The van der Waals surface area contributed by atoms with Crippen molar-refractivity contribution in [1.82, 2.24) is 0 Å². The summed E-state index contributed by atoms with van der Waals surface area (Å²) >= 11 is 1.58. The summed E-state index contributed by atoms with van der Waals surface area (Å²) in [5.41, 5.74) is 0. The van der Waals surface area contributed by atoms with Crippen molar-refractivity contribution in [1.29, 1.82) is 0 Å². The van der Waals surface area contributed by atoms with Crippen molar-refractivity contribution in [3.63, 3.8) is 0 Å². The van der Waals surface area contributed by atoms with Gasteiger partial charge in [0, 0.05) is 41.2 Å². The molecule has 22 valence electrons. The molecule has 4 heteroatoms. The van der Waals surface area contributed by atoms with Gasteiger partial charge in [-0.1, -0.05) is 0 Å². The van der Waals surface area contributed by atoms with Gasteiger partial charge in [0.25, 0.3) is 0 Å². The molecular formula is AgGeLiS. The van der Waals surface area contributed by atoms with E-state index < -0.39 is 0 Å². The Morgan fingerprint density at radius 3 is 1.25 bits per heavy atom. The summed E-state index contributed by atoms with van der Waals surface area (Å²) in [6.45, 7) is 0. The fourth-order valence-electron chi connectivity index (χ4n) is 0. The van der Waals surface area contributed by atoms with E-state index in [-0.39, 0.29) is 41.2 Å². The van der Waals surface area contributed by atoms with Gasteiger partial charge in [-0.25, -0.2) is 0 Å². The van der Waals surface area contributed by atoms with Gasteiger partial charge >= 0.3 is 25.3 Å². The molecular weight excluding hydrogens is 219 g/mol. The molecule has 0 N–H and O–H groups in total. The average molecular weight is 219 g/mol. The Bertz CT molecular complexity index is 8.00. The van der Waals surface area contributed by atoms with Crippen molar-refractivity contribution >= 4 is 44.2 Å². The van der Waals surface area contributed by atoms with Crippen LogP contribution in [0.2, 0.25) is 0 Å². The van der Waals surface area contributed by atoms with Gasteiger partial charge in [-0.3, -0.25) is 0 Å². The second kappa shape index (κ2) is 19.4. The van der Waals surface area contributed by atoms with Crippen LogP contribution in [0.5, 0.6) is 0 Å². The summed E-state index contributed by atoms with van der Waals surface area (Å²) in [5, 5.41) is 0. The minimum atomic E-state index is 0. The number of hydrogen-bond donors (Lipinski definition) is 0. The molecule has 0 aromatic carbocycles. The van der Waals surface area contributed by atoms with Crippen LogP contribution in [-0.2, 0) is 22.4 Å². The molecule has 0 amide bonds. The zero-order chi connectivity index (χ0) is 2.00. The molecule has 0 spiro atoms. The predicted octanol–water partition coefficient (Wildman–Crippen LogP) is -0.116. The Morgan fingerprint density at radius 2 is 1.25 bits per heavy atom. The van der Waals surface area contributed by atoms with E-state index in [0.717, 1.165) is 0 Å². The second-order valence-corrected chi connectivity index (χ2v) is 0. The Labute approximate surface area is 65.8 Å². The van der Waals surface area contributed by atoms with Crippen molar-refractivity contribution in [2.45, 2.75) is 0 Å². The van der Waals surface area contributed by atoms with Crippen LogP contribution in [0, 0.1) is 0 Å². The number of hydrogen-bond acceptors (Lipinski definition) is 1. The first kappa shape index (κ1) is 16.5. The van der Waals surface area contributed by atoms with Crippen LogP contribution >= 0.6 is 10.5 Å². The molecule has 4 radical (unpaired) electrons. The van der Waals surface area contributed by atoms with Crippen molar-refractivity contribution in [3.8, 4) is 0 Å². The van der Waals surface area contributed by atoms with Crippen LogP contribution in [0.15, 0.2) is 0 Å². The first-order valence-corrected chi connectivity index (χ1v) is 3.18. The molecule has 0 aromatic heterocycles. The summed E-state index contributed by atoms with van der Waals surface area (Å²) < 4.78 is 0. The second-order valence-electron chi connectivity index (χ2n) is 0. The van der Waals surface area contributed by atoms with Crippen molar-refractivity contribution in [2.24, 2.45) is 0 Å². The Morgan fingerprint density at radius 1 is 1.25 bits per heavy atom. The summed E-state index contributed by atoms with van der Waals surface area (Å²) in [5.74, 6) is 0. The molecule has 0 unspecified atom stereocenters. The molecule has 0 saturated carbocycles. The van der Waals surface area contributed by atoms with Crippen LogP contribution in [0.4, 0.5) is 0 Å². The van der Waals surface area contributed by atoms with Gasteiger partial charge < -0.3 is 0 Å². The van der Waals surface area contributed by atoms with Crippen molar-refractivity contribution < 1.29 is 22.4 Å². The Kier molecular flexibility index (Phi) is 80.2. The van der Waals surface area contributed by atoms with Gasteiger partial charge in [-0.15, -0.1) is 0 Å². The molecule has 0 heterocycles. The van der Waals surface area contributed by atoms with E-state index in [9.17, 15) is 0 Å². The van der Waals surface area contributed by atoms with E-state index in [2.05, 4.69) is 10.5 Å². The third kappa shape index (κ3) is 8.93. The Hall–Kier alpha value is 2.10. The topological polar surface area (TPSA) is 0 Å². The van der Waals surface area contributed by atoms with E-state index in [0.29, 0.717) is 0 Å². The van der Waals surface area contributed by atoms with Gasteiger partial charge in [-0.2, -0.15) is 0 Å². The van der Waals surface area contributed by atoms with Gasteiger partial charge in [0.05, 0.1) is 0 Å². The van der Waals surface area contributed by atoms with Gasteiger partial charge in [0.15, 0.2) is 0 Å². The Balaban J connectivity index is -0.00000000500. The molecule has 0 aliphatic heterocycles. The first-order valence-electron chi connectivity index (χ1n) is 0.204. The quantitative estimate of drug-likeness (QED) is 0.512. The molecule has 4 heavy (non-hydrogen) atoms. The zero-order valence-electron chi connectivity index (χ0n) is 2.21. The maximum absolute atomic E-state index is 4.08. The fourth-order valence-corrected chi connectivity index (χ4v) is 0. The molecule has 0 bridgehead atoms. The molecule has 0 saturated heterocycles. The standard InChI is InChI=1S/Ag.GeS.Li/c;1-2;. The third-order valence-electron chi connectivity index (χ3n) is 0. The number of rotatable bonds is 0. The molecule has 0 aliphatic carbocycles. The van der Waals surface area contributed by atoms with Crippen LogP contribution in [-0.4, -0.2) is 33.7 Å². The summed E-state index contributed by atoms with van der Waals surface area (Å²) in [4.78, 5) is 0. The van der Waals surface area contributed by atoms with E-state index in [1.54, 1.807) is 14.9 Å². The molecule has 0 aromatic rings. The van der Waals surface area contributed by atoms with Crippen LogP contribution < -0.4 is 0 Å². The molecule has 0 rings (SSSR count). The zero-order valence-corrected chi connectivity index (χ0v) is 6.61. The van der Waals surface area contributed by atoms with Crippen LogP contribution in [0.25, 0.3) is 0 Å². The normalized spacial score (nSPS) is 1.00. The first-order chi connectivity index (χ1) is 1.00. The van der Waals surface area contributed by atoms with E-state index in [4.69, 9.17) is 0 Å². The molecule has 0 fully saturated rings. The minimum absolute atomic E-state index is 0. The summed E-state index contributed by atoms with van der Waals surface area (Å²) in [7, 11) is 4.08. The molecule has 0 nitrogen and oxygen atoms in total. The van der Waals surface area contributed by atoms with E-state index in [1.165, 1.54) is 0 Å². The SMILES string of the molecule is [Ag].[Li].[S]=[Ge]. The van der Waals surface area contributed by atoms with Crippen molar-refractivity contribution in [2.75, 3.05) is 0 Å². The monoisotopic (exact) mass is 220 g/mol. The summed E-state index contributed by atoms with van der Waals surface area (Å²) in [6.07, 6.45) is 0. The van der Waals surface area contributed by atoms with Gasteiger partial charge in [-0.05, 0) is 0 Å². The van der Waals surface area contributed by atoms with E-state index in [1.807, 2.05) is 0 Å². The van der Waals surface area contributed by atoms with Gasteiger partial charge in [0.1, 0.15) is 0 Å². The fraction of sp³-hybridized carbons (Fsp3) is 0. The van der Waals surface area contributed by atoms with Gasteiger partial charge in [0.2, 0.25) is 0 Å².